The third-order valence-corrected chi connectivity index (χ3v) is 6.09. The molecule has 2 aromatic rings. The summed E-state index contributed by atoms with van der Waals surface area (Å²) in [4.78, 5) is 18.3. The van der Waals surface area contributed by atoms with Gasteiger partial charge in [0.1, 0.15) is 6.61 Å². The fourth-order valence-electron chi connectivity index (χ4n) is 4.61. The lowest BCUT2D eigenvalue weighted by atomic mass is 9.73. The van der Waals surface area contributed by atoms with Gasteiger partial charge in [0.15, 0.2) is 5.82 Å². The number of methoxy groups -OCH3 is 1. The lowest BCUT2D eigenvalue weighted by Crippen LogP contribution is -2.73. The van der Waals surface area contributed by atoms with Crippen LogP contribution >= 0.6 is 11.6 Å². The van der Waals surface area contributed by atoms with E-state index in [0.717, 1.165) is 61.8 Å². The molecule has 0 N–H and O–H groups in total. The van der Waals surface area contributed by atoms with Crippen molar-refractivity contribution in [1.29, 1.82) is 0 Å². The van der Waals surface area contributed by atoms with Gasteiger partial charge in [0, 0.05) is 50.3 Å². The smallest absolute Gasteiger partial charge is 0.248 e. The molecule has 5 rings (SSSR count). The Kier molecular flexibility index (Phi) is 4.12. The standard InChI is InChI=1S/C19H23ClN6O2/c1-23-6-13-5-14(20)3-4-15(13)26-16(7-23)21-22-18(26)25-11-19(12-25)9-24(10-19)17(27)8-28-2/h3-5H,6-12H2,1-2H3. The van der Waals surface area contributed by atoms with E-state index in [9.17, 15) is 4.79 Å². The molecule has 1 amide bonds. The highest BCUT2D eigenvalue weighted by Crippen LogP contribution is 2.42. The average molecular weight is 403 g/mol. The zero-order chi connectivity index (χ0) is 19.5. The molecule has 0 radical (unpaired) electrons. The zero-order valence-electron chi connectivity index (χ0n) is 16.1. The Balaban J connectivity index is 1.38. The van der Waals surface area contributed by atoms with Crippen LogP contribution in [0.1, 0.15) is 11.4 Å². The van der Waals surface area contributed by atoms with E-state index < -0.39 is 0 Å². The van der Waals surface area contributed by atoms with Gasteiger partial charge < -0.3 is 14.5 Å². The first-order chi connectivity index (χ1) is 13.5. The van der Waals surface area contributed by atoms with Gasteiger partial charge in [-0.15, -0.1) is 10.2 Å². The molecule has 8 nitrogen and oxygen atoms in total. The van der Waals surface area contributed by atoms with Gasteiger partial charge in [-0.25, -0.2) is 0 Å². The van der Waals surface area contributed by atoms with Crippen LogP contribution in [0.3, 0.4) is 0 Å². The number of amides is 1. The van der Waals surface area contributed by atoms with Gasteiger partial charge in [0.25, 0.3) is 0 Å². The van der Waals surface area contributed by atoms with Crippen LogP contribution in [0.15, 0.2) is 18.2 Å². The van der Waals surface area contributed by atoms with E-state index in [2.05, 4.69) is 37.7 Å². The largest absolute Gasteiger partial charge is 0.375 e. The molecule has 0 atom stereocenters. The number of benzene rings is 1. The number of likely N-dealkylation sites (tertiary alicyclic amines) is 1. The predicted molar refractivity (Wildman–Crippen MR) is 105 cm³/mol. The van der Waals surface area contributed by atoms with Crippen molar-refractivity contribution in [2.24, 2.45) is 5.41 Å². The number of aromatic nitrogens is 3. The molecule has 1 aromatic carbocycles. The molecule has 1 spiro atoms. The Hall–Kier alpha value is -2.16. The number of rotatable bonds is 3. The van der Waals surface area contributed by atoms with E-state index in [1.54, 1.807) is 7.11 Å². The summed E-state index contributed by atoms with van der Waals surface area (Å²) in [6, 6.07) is 5.99. The van der Waals surface area contributed by atoms with Crippen LogP contribution in [-0.2, 0) is 22.6 Å². The summed E-state index contributed by atoms with van der Waals surface area (Å²) >= 11 is 6.23. The monoisotopic (exact) mass is 402 g/mol. The van der Waals surface area contributed by atoms with Gasteiger partial charge in [-0.1, -0.05) is 11.6 Å². The normalized spacial score (nSPS) is 20.2. The van der Waals surface area contributed by atoms with Gasteiger partial charge in [-0.05, 0) is 30.8 Å². The molecule has 9 heteroatoms. The quantitative estimate of drug-likeness (QED) is 0.767. The number of hydrogen-bond donors (Lipinski definition) is 0. The average Bonchev–Trinajstić information content (AvgIpc) is 2.90. The van der Waals surface area contributed by atoms with Crippen LogP contribution in [0, 0.1) is 5.41 Å². The third kappa shape index (κ3) is 2.78. The Morgan fingerprint density at radius 3 is 2.75 bits per heavy atom. The van der Waals surface area contributed by atoms with Crippen molar-refractivity contribution >= 4 is 23.5 Å². The minimum Gasteiger partial charge on any atom is -0.375 e. The third-order valence-electron chi connectivity index (χ3n) is 5.86. The van der Waals surface area contributed by atoms with E-state index in [-0.39, 0.29) is 17.9 Å². The number of ether oxygens (including phenoxy) is 1. The first kappa shape index (κ1) is 17.9. The molecular weight excluding hydrogens is 380 g/mol. The molecule has 4 heterocycles. The maximum Gasteiger partial charge on any atom is 0.248 e. The first-order valence-electron chi connectivity index (χ1n) is 9.41. The maximum atomic E-state index is 11.9. The summed E-state index contributed by atoms with van der Waals surface area (Å²) in [5.74, 6) is 1.88. The summed E-state index contributed by atoms with van der Waals surface area (Å²) in [6.07, 6.45) is 0. The van der Waals surface area contributed by atoms with Crippen LogP contribution < -0.4 is 4.90 Å². The molecular formula is C19H23ClN6O2. The number of carbonyl (C=O) groups is 1. The molecule has 148 valence electrons. The van der Waals surface area contributed by atoms with Crippen molar-refractivity contribution in [2.45, 2.75) is 13.1 Å². The molecule has 28 heavy (non-hydrogen) atoms. The highest BCUT2D eigenvalue weighted by Gasteiger charge is 2.54. The Morgan fingerprint density at radius 1 is 1.21 bits per heavy atom. The number of fused-ring (bicyclic) bond motifs is 3. The first-order valence-corrected chi connectivity index (χ1v) is 9.79. The van der Waals surface area contributed by atoms with E-state index in [1.807, 2.05) is 17.0 Å². The van der Waals surface area contributed by atoms with Crippen LogP contribution in [0.2, 0.25) is 5.02 Å². The van der Waals surface area contributed by atoms with Crippen molar-refractivity contribution in [3.05, 3.63) is 34.6 Å². The summed E-state index contributed by atoms with van der Waals surface area (Å²) in [7, 11) is 3.63. The minimum absolute atomic E-state index is 0.0664. The van der Waals surface area contributed by atoms with E-state index in [4.69, 9.17) is 16.3 Å². The van der Waals surface area contributed by atoms with Crippen molar-refractivity contribution in [1.82, 2.24) is 24.6 Å². The second-order valence-electron chi connectivity index (χ2n) is 8.24. The summed E-state index contributed by atoms with van der Waals surface area (Å²) in [5, 5.41) is 9.71. The highest BCUT2D eigenvalue weighted by molar-refractivity contribution is 6.30. The van der Waals surface area contributed by atoms with Gasteiger partial charge in [-0.3, -0.25) is 14.3 Å². The maximum absolute atomic E-state index is 11.9. The predicted octanol–water partition coefficient (Wildman–Crippen LogP) is 1.16. The van der Waals surface area contributed by atoms with E-state index >= 15 is 0 Å². The topological polar surface area (TPSA) is 66.7 Å². The molecule has 0 unspecified atom stereocenters. The Labute approximate surface area is 168 Å². The molecule has 3 aliphatic rings. The highest BCUT2D eigenvalue weighted by atomic mass is 35.5. The molecule has 1 aromatic heterocycles. The lowest BCUT2D eigenvalue weighted by molar-refractivity contribution is -0.149. The van der Waals surface area contributed by atoms with Gasteiger partial charge in [0.2, 0.25) is 11.9 Å². The second-order valence-corrected chi connectivity index (χ2v) is 8.67. The zero-order valence-corrected chi connectivity index (χ0v) is 16.8. The fourth-order valence-corrected chi connectivity index (χ4v) is 4.80. The fraction of sp³-hybridized carbons (Fsp3) is 0.526. The Morgan fingerprint density at radius 2 is 2.00 bits per heavy atom. The van der Waals surface area contributed by atoms with Crippen LogP contribution in [0.4, 0.5) is 5.95 Å². The number of hydrogen-bond acceptors (Lipinski definition) is 6. The van der Waals surface area contributed by atoms with Crippen molar-refractivity contribution in [3.63, 3.8) is 0 Å². The van der Waals surface area contributed by atoms with Crippen molar-refractivity contribution in [3.8, 4) is 5.69 Å². The van der Waals surface area contributed by atoms with Crippen LogP contribution in [0.5, 0.6) is 0 Å². The molecule has 2 fully saturated rings. The second kappa shape index (κ2) is 6.43. The summed E-state index contributed by atoms with van der Waals surface area (Å²) in [5.41, 5.74) is 2.44. The summed E-state index contributed by atoms with van der Waals surface area (Å²) in [6.45, 7) is 5.08. The van der Waals surface area contributed by atoms with Crippen molar-refractivity contribution < 1.29 is 9.53 Å². The van der Waals surface area contributed by atoms with Crippen molar-refractivity contribution in [2.75, 3.05) is 51.8 Å². The lowest BCUT2D eigenvalue weighted by Gasteiger charge is -2.60. The van der Waals surface area contributed by atoms with Crippen LogP contribution in [0.25, 0.3) is 5.69 Å². The van der Waals surface area contributed by atoms with E-state index in [0.29, 0.717) is 0 Å². The number of anilines is 1. The molecule has 0 aliphatic carbocycles. The van der Waals surface area contributed by atoms with Gasteiger partial charge in [0.05, 0.1) is 12.2 Å². The number of halogens is 1. The van der Waals surface area contributed by atoms with Gasteiger partial charge >= 0.3 is 0 Å². The molecule has 0 saturated carbocycles. The molecule has 3 aliphatic heterocycles. The van der Waals surface area contributed by atoms with Gasteiger partial charge in [-0.2, -0.15) is 0 Å². The Bertz CT molecular complexity index is 931. The summed E-state index contributed by atoms with van der Waals surface area (Å²) < 4.78 is 7.11. The molecule has 2 saturated heterocycles. The van der Waals surface area contributed by atoms with Crippen LogP contribution in [-0.4, -0.2) is 77.4 Å². The van der Waals surface area contributed by atoms with E-state index in [1.165, 1.54) is 5.56 Å². The molecule has 0 bridgehead atoms. The minimum atomic E-state index is 0.0664. The number of carbonyl (C=O) groups excluding carboxylic acids is 1. The SMILES string of the molecule is COCC(=O)N1CC2(C1)CN(c1nnc3n1-c1ccc(Cl)cc1CN(C)C3)C2. The number of nitrogens with zero attached hydrogens (tertiary/aromatic N) is 6.